The number of rotatable bonds is 1. The van der Waals surface area contributed by atoms with E-state index in [0.717, 1.165) is 24.3 Å². The van der Waals surface area contributed by atoms with Crippen molar-refractivity contribution in [2.75, 3.05) is 20.7 Å². The summed E-state index contributed by atoms with van der Waals surface area (Å²) in [5.41, 5.74) is 5.22. The van der Waals surface area contributed by atoms with Gasteiger partial charge in [0.05, 0.1) is 24.4 Å². The Morgan fingerprint density at radius 3 is 2.05 bits per heavy atom. The van der Waals surface area contributed by atoms with Gasteiger partial charge in [0.15, 0.2) is 12.1 Å². The van der Waals surface area contributed by atoms with Crippen LogP contribution in [0.3, 0.4) is 0 Å². The van der Waals surface area contributed by atoms with Crippen molar-refractivity contribution in [3.05, 3.63) is 135 Å². The van der Waals surface area contributed by atoms with Crippen molar-refractivity contribution in [3.8, 4) is 0 Å². The van der Waals surface area contributed by atoms with Gasteiger partial charge in [-0.2, -0.15) is 0 Å². The predicted octanol–water partition coefficient (Wildman–Crippen LogP) is 5.70. The summed E-state index contributed by atoms with van der Waals surface area (Å²) < 4.78 is 5.64. The van der Waals surface area contributed by atoms with Crippen LogP contribution >= 0.6 is 0 Å². The third-order valence-corrected chi connectivity index (χ3v) is 6.56. The summed E-state index contributed by atoms with van der Waals surface area (Å²) in [7, 11) is 3.29. The molecule has 0 spiro atoms. The SMILES string of the molecule is C1=Cc2ccccc2C1.C=C.C=C.C=C.C=C.CO[C@H]1[C+]2c3ccccc3C[C@@H]2N2C(=O)CN(C)C(=O)[C@H]12. The lowest BCUT2D eigenvalue weighted by atomic mass is 9.93. The van der Waals surface area contributed by atoms with Gasteiger partial charge in [0.2, 0.25) is 11.8 Å². The second kappa shape index (κ2) is 15.9. The van der Waals surface area contributed by atoms with Gasteiger partial charge in [0, 0.05) is 20.2 Å². The van der Waals surface area contributed by atoms with Crippen molar-refractivity contribution in [3.63, 3.8) is 0 Å². The molecule has 0 unspecified atom stereocenters. The minimum absolute atomic E-state index is 0.0111. The Morgan fingerprint density at radius 2 is 1.45 bits per heavy atom. The van der Waals surface area contributed by atoms with E-state index in [4.69, 9.17) is 4.74 Å². The number of hydrogen-bond acceptors (Lipinski definition) is 3. The molecule has 2 aliphatic carbocycles. The molecule has 38 heavy (non-hydrogen) atoms. The minimum atomic E-state index is -0.505. The zero-order valence-electron chi connectivity index (χ0n) is 22.9. The van der Waals surface area contributed by atoms with E-state index >= 15 is 0 Å². The second-order valence-electron chi connectivity index (χ2n) is 8.23. The first kappa shape index (κ1) is 31.9. The molecular weight excluding hydrogens is 472 g/mol. The third-order valence-electron chi connectivity index (χ3n) is 6.56. The highest BCUT2D eigenvalue weighted by Gasteiger charge is 2.64. The van der Waals surface area contributed by atoms with E-state index in [1.807, 2.05) is 12.1 Å². The largest absolute Gasteiger partial charge is 0.361 e. The molecule has 5 heteroatoms. The van der Waals surface area contributed by atoms with Gasteiger partial charge in [-0.05, 0) is 35.7 Å². The molecule has 4 aliphatic rings. The molecule has 0 radical (unpaired) electrons. The van der Waals surface area contributed by atoms with Crippen LogP contribution in [0.4, 0.5) is 0 Å². The van der Waals surface area contributed by atoms with Gasteiger partial charge >= 0.3 is 0 Å². The van der Waals surface area contributed by atoms with Gasteiger partial charge < -0.3 is 14.5 Å². The van der Waals surface area contributed by atoms with Crippen LogP contribution in [0.5, 0.6) is 0 Å². The standard InChI is InChI=1S/C16H17N2O3.C9H8.4C2H4/c1-17-8-12(19)18-11-7-9-5-3-4-6-10(9)13(11)15(21-2)14(18)16(17)20;1-2-5-9-7-3-6-8(9)4-1;4*1-2/h3-6,11,14-15H,7-8H2,1-2H3;1-6H,7H2;4*1-2H2/q+1;;;;;/t11-,14-,15-;;;;;/m0...../s1. The maximum Gasteiger partial charge on any atom is 0.250 e. The first-order valence-corrected chi connectivity index (χ1v) is 12.4. The average Bonchev–Trinajstić information content (AvgIpc) is 3.69. The zero-order chi connectivity index (χ0) is 28.8. The summed E-state index contributed by atoms with van der Waals surface area (Å²) in [6, 6.07) is 16.1. The van der Waals surface area contributed by atoms with Crippen molar-refractivity contribution in [2.45, 2.75) is 31.0 Å². The Hall–Kier alpha value is -4.09. The van der Waals surface area contributed by atoms with Gasteiger partial charge in [-0.1, -0.05) is 36.4 Å². The highest BCUT2D eigenvalue weighted by molar-refractivity contribution is 5.97. The fourth-order valence-electron chi connectivity index (χ4n) is 5.20. The monoisotopic (exact) mass is 513 g/mol. The van der Waals surface area contributed by atoms with Crippen molar-refractivity contribution in [1.29, 1.82) is 0 Å². The summed E-state index contributed by atoms with van der Waals surface area (Å²) in [4.78, 5) is 28.2. The van der Waals surface area contributed by atoms with Crippen LogP contribution in [0.25, 0.3) is 6.08 Å². The topological polar surface area (TPSA) is 49.9 Å². The molecule has 2 heterocycles. The maximum atomic E-state index is 12.5. The van der Waals surface area contributed by atoms with Gasteiger partial charge in [0.25, 0.3) is 0 Å². The number of hydrogen-bond donors (Lipinski definition) is 0. The Morgan fingerprint density at radius 1 is 0.868 bits per heavy atom. The number of piperazine rings is 1. The Bertz CT molecular complexity index is 1090. The zero-order valence-corrected chi connectivity index (χ0v) is 22.9. The van der Waals surface area contributed by atoms with E-state index in [1.165, 1.54) is 21.6 Å². The number of methoxy groups -OCH3 is 1. The van der Waals surface area contributed by atoms with Gasteiger partial charge in [0.1, 0.15) is 11.6 Å². The smallest absolute Gasteiger partial charge is 0.250 e. The van der Waals surface area contributed by atoms with E-state index in [2.05, 4.69) is 101 Å². The van der Waals surface area contributed by atoms with Crippen LogP contribution in [0, 0.1) is 5.92 Å². The molecule has 6 rings (SSSR count). The predicted molar refractivity (Wildman–Crippen MR) is 160 cm³/mol. The number of amides is 2. The van der Waals surface area contributed by atoms with Crippen LogP contribution < -0.4 is 0 Å². The highest BCUT2D eigenvalue weighted by atomic mass is 16.5. The molecule has 2 aliphatic heterocycles. The molecule has 2 amide bonds. The summed E-state index contributed by atoms with van der Waals surface area (Å²) in [5.74, 6) is 1.08. The molecule has 0 saturated carbocycles. The van der Waals surface area contributed by atoms with Crippen LogP contribution in [0.15, 0.2) is 107 Å². The quantitative estimate of drug-likeness (QED) is 0.363. The number of benzene rings is 2. The summed E-state index contributed by atoms with van der Waals surface area (Å²) in [6.45, 7) is 24.2. The molecule has 0 aromatic heterocycles. The van der Waals surface area contributed by atoms with Crippen molar-refractivity contribution < 1.29 is 14.3 Å². The summed E-state index contributed by atoms with van der Waals surface area (Å²) in [5, 5.41) is 0. The highest BCUT2D eigenvalue weighted by Crippen LogP contribution is 2.47. The second-order valence-corrected chi connectivity index (χ2v) is 8.23. The van der Waals surface area contributed by atoms with Gasteiger partial charge in [-0.15, -0.1) is 52.6 Å². The van der Waals surface area contributed by atoms with E-state index in [-0.39, 0.29) is 30.5 Å². The van der Waals surface area contributed by atoms with E-state index < -0.39 is 6.04 Å². The van der Waals surface area contributed by atoms with Crippen LogP contribution in [0.2, 0.25) is 0 Å². The van der Waals surface area contributed by atoms with Crippen LogP contribution in [-0.4, -0.2) is 60.5 Å². The van der Waals surface area contributed by atoms with Crippen molar-refractivity contribution >= 4 is 17.9 Å². The number of allylic oxidation sites excluding steroid dienone is 1. The molecular formula is C33H41N2O3+. The third kappa shape index (κ3) is 6.24. The Kier molecular flexibility index (Phi) is 13.4. The number of likely N-dealkylation sites (N-methyl/N-ethyl adjacent to an activating group) is 1. The van der Waals surface area contributed by atoms with E-state index in [1.54, 1.807) is 19.1 Å². The number of fused-ring (bicyclic) bond motifs is 6. The fourth-order valence-corrected chi connectivity index (χ4v) is 5.20. The van der Waals surface area contributed by atoms with Gasteiger partial charge in [-0.3, -0.25) is 9.59 Å². The molecule has 3 atom stereocenters. The van der Waals surface area contributed by atoms with Crippen LogP contribution in [0.1, 0.15) is 22.3 Å². The lowest BCUT2D eigenvalue weighted by molar-refractivity contribution is -0.157. The lowest BCUT2D eigenvalue weighted by Crippen LogP contribution is -2.60. The normalized spacial score (nSPS) is 20.6. The van der Waals surface area contributed by atoms with Crippen LogP contribution in [-0.2, 0) is 27.2 Å². The van der Waals surface area contributed by atoms with E-state index in [9.17, 15) is 9.59 Å². The molecule has 200 valence electrons. The Labute approximate surface area is 229 Å². The number of ether oxygens (including phenoxy) is 1. The molecule has 0 N–H and O–H groups in total. The number of nitrogens with zero attached hydrogens (tertiary/aromatic N) is 2. The van der Waals surface area contributed by atoms with Gasteiger partial charge in [-0.25, -0.2) is 0 Å². The summed E-state index contributed by atoms with van der Waals surface area (Å²) >= 11 is 0. The fraction of sp³-hybridized carbons (Fsp3) is 0.242. The molecule has 0 bridgehead atoms. The minimum Gasteiger partial charge on any atom is -0.361 e. The molecule has 2 saturated heterocycles. The molecule has 2 aromatic carbocycles. The van der Waals surface area contributed by atoms with E-state index in [0.29, 0.717) is 0 Å². The Balaban J connectivity index is 0.000000355. The first-order valence-electron chi connectivity index (χ1n) is 12.4. The first-order chi connectivity index (χ1) is 18.6. The number of carbonyl (C=O) groups is 2. The molecule has 2 aromatic rings. The van der Waals surface area contributed by atoms with Crippen molar-refractivity contribution in [2.24, 2.45) is 0 Å². The van der Waals surface area contributed by atoms with Crippen molar-refractivity contribution in [1.82, 2.24) is 9.80 Å². The lowest BCUT2D eigenvalue weighted by Gasteiger charge is -2.36. The number of carbonyl (C=O) groups excluding carboxylic acids is 2. The average molecular weight is 514 g/mol. The summed E-state index contributed by atoms with van der Waals surface area (Å²) in [6.07, 6.45) is 5.94. The molecule has 5 nitrogen and oxygen atoms in total. The molecule has 2 fully saturated rings. The maximum absolute atomic E-state index is 12.5.